The van der Waals surface area contributed by atoms with Crippen LogP contribution in [0, 0.1) is 5.82 Å². The molecule has 1 heterocycles. The number of nitrogens with one attached hydrogen (secondary N) is 1. The van der Waals surface area contributed by atoms with Gasteiger partial charge in [-0.05, 0) is 70.5 Å². The van der Waals surface area contributed by atoms with Gasteiger partial charge < -0.3 is 9.73 Å². The van der Waals surface area contributed by atoms with E-state index in [1.54, 1.807) is 42.5 Å². The Kier molecular flexibility index (Phi) is 4.26. The number of carbonyl (C=O) groups is 1. The summed E-state index contributed by atoms with van der Waals surface area (Å²) >= 11 is 3.37. The fourth-order valence-electron chi connectivity index (χ4n) is 2.56. The predicted octanol–water partition coefficient (Wildman–Crippen LogP) is 5.65. The summed E-state index contributed by atoms with van der Waals surface area (Å²) in [6.07, 6.45) is 0. The third-order valence-corrected chi connectivity index (χ3v) is 4.55. The number of hydrogen-bond acceptors (Lipinski definition) is 3. The fourth-order valence-corrected chi connectivity index (χ4v) is 3.03. The maximum atomic E-state index is 13.1. The number of rotatable bonds is 3. The number of fused-ring (bicyclic) bond motifs is 1. The second kappa shape index (κ2) is 6.72. The first-order valence-corrected chi connectivity index (χ1v) is 8.62. The van der Waals surface area contributed by atoms with Crippen molar-refractivity contribution in [3.63, 3.8) is 0 Å². The van der Waals surface area contributed by atoms with E-state index in [2.05, 4.69) is 26.2 Å². The van der Waals surface area contributed by atoms with E-state index < -0.39 is 0 Å². The monoisotopic (exact) mass is 410 g/mol. The SMILES string of the molecule is O=C(Nc1ccc2oc(-c3ccc(F)cc3)nc2c1)c1ccccc1Br. The Morgan fingerprint density at radius 1 is 1.04 bits per heavy atom. The molecule has 0 bridgehead atoms. The number of nitrogens with zero attached hydrogens (tertiary/aromatic N) is 1. The second-order valence-corrected chi connectivity index (χ2v) is 6.50. The van der Waals surface area contributed by atoms with Crippen molar-refractivity contribution < 1.29 is 13.6 Å². The molecule has 128 valence electrons. The number of halogens is 2. The van der Waals surface area contributed by atoms with E-state index in [9.17, 15) is 9.18 Å². The van der Waals surface area contributed by atoms with Crippen molar-refractivity contribution in [1.29, 1.82) is 0 Å². The Bertz CT molecular complexity index is 1110. The highest BCUT2D eigenvalue weighted by molar-refractivity contribution is 9.10. The van der Waals surface area contributed by atoms with Crippen LogP contribution in [0.3, 0.4) is 0 Å². The number of benzene rings is 3. The van der Waals surface area contributed by atoms with Gasteiger partial charge in [-0.25, -0.2) is 9.37 Å². The molecular weight excluding hydrogens is 399 g/mol. The first-order valence-electron chi connectivity index (χ1n) is 7.82. The highest BCUT2D eigenvalue weighted by Crippen LogP contribution is 2.27. The summed E-state index contributed by atoms with van der Waals surface area (Å²) in [4.78, 5) is 16.8. The average Bonchev–Trinajstić information content (AvgIpc) is 3.06. The summed E-state index contributed by atoms with van der Waals surface area (Å²) in [5.41, 5.74) is 3.02. The summed E-state index contributed by atoms with van der Waals surface area (Å²) in [5, 5.41) is 2.85. The molecule has 1 N–H and O–H groups in total. The van der Waals surface area contributed by atoms with Gasteiger partial charge in [0.2, 0.25) is 5.89 Å². The Hall–Kier alpha value is -2.99. The zero-order valence-corrected chi connectivity index (χ0v) is 15.0. The lowest BCUT2D eigenvalue weighted by Gasteiger charge is -2.06. The molecule has 4 aromatic rings. The molecule has 0 aliphatic carbocycles. The minimum Gasteiger partial charge on any atom is -0.436 e. The van der Waals surface area contributed by atoms with E-state index in [1.807, 2.05) is 12.1 Å². The summed E-state index contributed by atoms with van der Waals surface area (Å²) in [7, 11) is 0. The van der Waals surface area contributed by atoms with Crippen molar-refractivity contribution in [3.05, 3.63) is 82.6 Å². The highest BCUT2D eigenvalue weighted by atomic mass is 79.9. The molecule has 0 fully saturated rings. The number of amides is 1. The Labute approximate surface area is 156 Å². The standard InChI is InChI=1S/C20H12BrFN2O2/c21-16-4-2-1-3-15(16)19(25)23-14-9-10-18-17(11-14)24-20(26-18)12-5-7-13(22)8-6-12/h1-11H,(H,23,25). The molecule has 3 aromatic carbocycles. The van der Waals surface area contributed by atoms with Crippen molar-refractivity contribution in [2.45, 2.75) is 0 Å². The third-order valence-electron chi connectivity index (χ3n) is 3.86. The smallest absolute Gasteiger partial charge is 0.256 e. The molecule has 0 radical (unpaired) electrons. The lowest BCUT2D eigenvalue weighted by atomic mass is 10.2. The van der Waals surface area contributed by atoms with Crippen LogP contribution in [0.4, 0.5) is 10.1 Å². The van der Waals surface area contributed by atoms with E-state index in [0.717, 1.165) is 4.47 Å². The topological polar surface area (TPSA) is 55.1 Å². The number of hydrogen-bond donors (Lipinski definition) is 1. The van der Waals surface area contributed by atoms with Crippen LogP contribution >= 0.6 is 15.9 Å². The van der Waals surface area contributed by atoms with Gasteiger partial charge in [0.15, 0.2) is 5.58 Å². The molecule has 1 amide bonds. The zero-order chi connectivity index (χ0) is 18.1. The van der Waals surface area contributed by atoms with Gasteiger partial charge in [-0.15, -0.1) is 0 Å². The number of carbonyl (C=O) groups excluding carboxylic acids is 1. The molecule has 0 saturated heterocycles. The minimum absolute atomic E-state index is 0.223. The molecule has 4 nitrogen and oxygen atoms in total. The molecule has 0 saturated carbocycles. The van der Waals surface area contributed by atoms with E-state index in [0.29, 0.717) is 33.8 Å². The van der Waals surface area contributed by atoms with E-state index in [-0.39, 0.29) is 11.7 Å². The zero-order valence-electron chi connectivity index (χ0n) is 13.4. The van der Waals surface area contributed by atoms with Gasteiger partial charge in [0.1, 0.15) is 11.3 Å². The quantitative estimate of drug-likeness (QED) is 0.474. The largest absolute Gasteiger partial charge is 0.436 e. The van der Waals surface area contributed by atoms with Gasteiger partial charge in [-0.2, -0.15) is 0 Å². The summed E-state index contributed by atoms with van der Waals surface area (Å²) < 4.78 is 19.5. The number of oxazole rings is 1. The average molecular weight is 411 g/mol. The molecule has 4 rings (SSSR count). The van der Waals surface area contributed by atoms with Crippen molar-refractivity contribution >= 4 is 38.6 Å². The Balaban J connectivity index is 1.62. The lowest BCUT2D eigenvalue weighted by molar-refractivity contribution is 0.102. The van der Waals surface area contributed by atoms with Gasteiger partial charge in [-0.3, -0.25) is 4.79 Å². The first kappa shape index (κ1) is 16.5. The number of aromatic nitrogens is 1. The molecule has 0 aliphatic heterocycles. The fraction of sp³-hybridized carbons (Fsp3) is 0. The molecule has 0 atom stereocenters. The van der Waals surface area contributed by atoms with Gasteiger partial charge >= 0.3 is 0 Å². The van der Waals surface area contributed by atoms with Crippen molar-refractivity contribution in [2.24, 2.45) is 0 Å². The van der Waals surface area contributed by atoms with E-state index in [4.69, 9.17) is 4.42 Å². The van der Waals surface area contributed by atoms with E-state index >= 15 is 0 Å². The first-order chi connectivity index (χ1) is 12.6. The molecule has 1 aromatic heterocycles. The lowest BCUT2D eigenvalue weighted by Crippen LogP contribution is -2.12. The maximum Gasteiger partial charge on any atom is 0.256 e. The summed E-state index contributed by atoms with van der Waals surface area (Å²) in [6.45, 7) is 0. The normalized spacial score (nSPS) is 10.8. The van der Waals surface area contributed by atoms with Crippen molar-refractivity contribution in [1.82, 2.24) is 4.98 Å². The van der Waals surface area contributed by atoms with Crippen LogP contribution < -0.4 is 5.32 Å². The van der Waals surface area contributed by atoms with Gasteiger partial charge in [-0.1, -0.05) is 12.1 Å². The van der Waals surface area contributed by atoms with E-state index in [1.165, 1.54) is 12.1 Å². The summed E-state index contributed by atoms with van der Waals surface area (Å²) in [6, 6.07) is 18.3. The van der Waals surface area contributed by atoms with Gasteiger partial charge in [0.05, 0.1) is 5.56 Å². The highest BCUT2D eigenvalue weighted by Gasteiger charge is 2.12. The predicted molar refractivity (Wildman–Crippen MR) is 101 cm³/mol. The van der Waals surface area contributed by atoms with Crippen LogP contribution in [-0.2, 0) is 0 Å². The molecule has 0 spiro atoms. The van der Waals surface area contributed by atoms with Crippen LogP contribution in [0.5, 0.6) is 0 Å². The molecule has 0 unspecified atom stereocenters. The van der Waals surface area contributed by atoms with Crippen LogP contribution in [0.15, 0.2) is 75.6 Å². The molecule has 6 heteroatoms. The van der Waals surface area contributed by atoms with Crippen molar-refractivity contribution in [3.8, 4) is 11.5 Å². The number of anilines is 1. The summed E-state index contributed by atoms with van der Waals surface area (Å²) in [5.74, 6) is -0.143. The molecule has 26 heavy (non-hydrogen) atoms. The van der Waals surface area contributed by atoms with Crippen LogP contribution in [0.25, 0.3) is 22.6 Å². The van der Waals surface area contributed by atoms with Crippen LogP contribution in [0.1, 0.15) is 10.4 Å². The molecule has 0 aliphatic rings. The van der Waals surface area contributed by atoms with Crippen LogP contribution in [-0.4, -0.2) is 10.9 Å². The van der Waals surface area contributed by atoms with Crippen molar-refractivity contribution in [2.75, 3.05) is 5.32 Å². The third kappa shape index (κ3) is 3.23. The Morgan fingerprint density at radius 3 is 2.58 bits per heavy atom. The Morgan fingerprint density at radius 2 is 1.81 bits per heavy atom. The van der Waals surface area contributed by atoms with Gasteiger partial charge in [0.25, 0.3) is 5.91 Å². The molecular formula is C20H12BrFN2O2. The minimum atomic E-state index is -0.318. The van der Waals surface area contributed by atoms with Crippen LogP contribution in [0.2, 0.25) is 0 Å². The second-order valence-electron chi connectivity index (χ2n) is 5.64. The van der Waals surface area contributed by atoms with Gasteiger partial charge in [0, 0.05) is 15.7 Å². The maximum absolute atomic E-state index is 13.1.